The summed E-state index contributed by atoms with van der Waals surface area (Å²) < 4.78 is 11.3. The molecule has 152 valence electrons. The fourth-order valence-electron chi connectivity index (χ4n) is 2.90. The monoisotopic (exact) mass is 376 g/mol. The SMILES string of the molecule is Cc1ccc(CN=C(N)NCCCN2CCOCC2)c(OCCC(C)C)c1. The summed E-state index contributed by atoms with van der Waals surface area (Å²) in [6, 6.07) is 6.25. The maximum atomic E-state index is 6.03. The molecular weight excluding hydrogens is 340 g/mol. The van der Waals surface area contributed by atoms with Gasteiger partial charge < -0.3 is 20.5 Å². The first-order valence-corrected chi connectivity index (χ1v) is 10.1. The van der Waals surface area contributed by atoms with Gasteiger partial charge in [0.25, 0.3) is 0 Å². The third kappa shape index (κ3) is 8.63. The number of nitrogens with one attached hydrogen (secondary N) is 1. The second-order valence-corrected chi connectivity index (χ2v) is 7.58. The van der Waals surface area contributed by atoms with Crippen LogP contribution in [0.25, 0.3) is 0 Å². The number of benzene rings is 1. The smallest absolute Gasteiger partial charge is 0.188 e. The van der Waals surface area contributed by atoms with Crippen molar-refractivity contribution in [1.29, 1.82) is 0 Å². The normalized spacial score (nSPS) is 15.9. The maximum Gasteiger partial charge on any atom is 0.188 e. The number of guanidine groups is 1. The van der Waals surface area contributed by atoms with E-state index in [9.17, 15) is 0 Å². The van der Waals surface area contributed by atoms with Gasteiger partial charge in [-0.15, -0.1) is 0 Å². The molecule has 6 nitrogen and oxygen atoms in total. The first-order chi connectivity index (χ1) is 13.0. The van der Waals surface area contributed by atoms with Crippen molar-refractivity contribution >= 4 is 5.96 Å². The minimum absolute atomic E-state index is 0.491. The molecule has 0 aliphatic carbocycles. The fraction of sp³-hybridized carbons (Fsp3) is 0.667. The topological polar surface area (TPSA) is 72.1 Å². The Kier molecular flexibility index (Phi) is 9.42. The molecule has 3 N–H and O–H groups in total. The third-order valence-corrected chi connectivity index (χ3v) is 4.66. The van der Waals surface area contributed by atoms with Crippen molar-refractivity contribution in [3.05, 3.63) is 29.3 Å². The van der Waals surface area contributed by atoms with E-state index in [-0.39, 0.29) is 0 Å². The molecule has 1 fully saturated rings. The molecule has 1 saturated heterocycles. The Bertz CT molecular complexity index is 584. The van der Waals surface area contributed by atoms with Crippen LogP contribution in [-0.4, -0.2) is 56.9 Å². The highest BCUT2D eigenvalue weighted by Gasteiger charge is 2.09. The molecule has 0 unspecified atom stereocenters. The molecule has 0 bridgehead atoms. The van der Waals surface area contributed by atoms with Gasteiger partial charge in [-0.3, -0.25) is 4.90 Å². The zero-order valence-electron chi connectivity index (χ0n) is 17.2. The van der Waals surface area contributed by atoms with E-state index in [1.54, 1.807) is 0 Å². The van der Waals surface area contributed by atoms with E-state index in [4.69, 9.17) is 15.2 Å². The molecule has 0 radical (unpaired) electrons. The summed E-state index contributed by atoms with van der Waals surface area (Å²) in [6.07, 6.45) is 2.09. The van der Waals surface area contributed by atoms with Crippen LogP contribution in [0.1, 0.15) is 37.8 Å². The predicted molar refractivity (Wildman–Crippen MR) is 111 cm³/mol. The van der Waals surface area contributed by atoms with Crippen molar-refractivity contribution in [2.24, 2.45) is 16.6 Å². The molecule has 0 spiro atoms. The standard InChI is InChI=1S/C21H36N4O2/c1-17(2)7-12-27-20-15-18(3)5-6-19(20)16-24-21(22)23-8-4-9-25-10-13-26-14-11-25/h5-6,15,17H,4,7-14,16H2,1-3H3,(H3,22,23,24). The molecule has 1 aromatic rings. The Hall–Kier alpha value is -1.79. The predicted octanol–water partition coefficient (Wildman–Crippen LogP) is 2.55. The van der Waals surface area contributed by atoms with Crippen LogP contribution in [0, 0.1) is 12.8 Å². The average Bonchev–Trinajstić information content (AvgIpc) is 2.65. The Morgan fingerprint density at radius 3 is 2.85 bits per heavy atom. The van der Waals surface area contributed by atoms with E-state index in [1.165, 1.54) is 5.56 Å². The molecular formula is C21H36N4O2. The van der Waals surface area contributed by atoms with Gasteiger partial charge in [-0.2, -0.15) is 0 Å². The van der Waals surface area contributed by atoms with Crippen molar-refractivity contribution in [2.75, 3.05) is 46.0 Å². The number of rotatable bonds is 10. The first-order valence-electron chi connectivity index (χ1n) is 10.1. The quantitative estimate of drug-likeness (QED) is 0.373. The summed E-state index contributed by atoms with van der Waals surface area (Å²) in [4.78, 5) is 6.90. The summed E-state index contributed by atoms with van der Waals surface area (Å²) >= 11 is 0. The van der Waals surface area contributed by atoms with Crippen LogP contribution >= 0.6 is 0 Å². The number of aliphatic imine (C=N–C) groups is 1. The van der Waals surface area contributed by atoms with E-state index >= 15 is 0 Å². The largest absolute Gasteiger partial charge is 0.493 e. The first kappa shape index (κ1) is 21.5. The van der Waals surface area contributed by atoms with E-state index in [0.29, 0.717) is 18.4 Å². The Morgan fingerprint density at radius 1 is 1.33 bits per heavy atom. The van der Waals surface area contributed by atoms with E-state index < -0.39 is 0 Å². The summed E-state index contributed by atoms with van der Waals surface area (Å²) in [6.45, 7) is 13.4. The minimum Gasteiger partial charge on any atom is -0.493 e. The minimum atomic E-state index is 0.491. The number of hydrogen-bond acceptors (Lipinski definition) is 4. The highest BCUT2D eigenvalue weighted by Crippen LogP contribution is 2.22. The highest BCUT2D eigenvalue weighted by molar-refractivity contribution is 5.77. The van der Waals surface area contributed by atoms with Crippen LogP contribution < -0.4 is 15.8 Å². The van der Waals surface area contributed by atoms with Crippen molar-refractivity contribution in [2.45, 2.75) is 40.2 Å². The van der Waals surface area contributed by atoms with E-state index in [2.05, 4.69) is 54.2 Å². The molecule has 6 heteroatoms. The molecule has 27 heavy (non-hydrogen) atoms. The van der Waals surface area contributed by atoms with Gasteiger partial charge in [0.15, 0.2) is 5.96 Å². The summed E-state index contributed by atoms with van der Waals surface area (Å²) in [7, 11) is 0. The molecule has 2 rings (SSSR count). The molecule has 1 heterocycles. The second kappa shape index (κ2) is 11.8. The van der Waals surface area contributed by atoms with Gasteiger partial charge in [0.05, 0.1) is 26.4 Å². The third-order valence-electron chi connectivity index (χ3n) is 4.66. The molecule has 1 aliphatic heterocycles. The summed E-state index contributed by atoms with van der Waals surface area (Å²) in [5.41, 5.74) is 8.29. The van der Waals surface area contributed by atoms with Crippen LogP contribution in [0.4, 0.5) is 0 Å². The van der Waals surface area contributed by atoms with Crippen molar-refractivity contribution in [1.82, 2.24) is 10.2 Å². The zero-order chi connectivity index (χ0) is 19.5. The molecule has 0 amide bonds. The van der Waals surface area contributed by atoms with Gasteiger partial charge in [-0.05, 0) is 43.9 Å². The van der Waals surface area contributed by atoms with Crippen molar-refractivity contribution in [3.63, 3.8) is 0 Å². The van der Waals surface area contributed by atoms with Gasteiger partial charge in [0.1, 0.15) is 5.75 Å². The van der Waals surface area contributed by atoms with Gasteiger partial charge in [-0.1, -0.05) is 26.0 Å². The highest BCUT2D eigenvalue weighted by atomic mass is 16.5. The number of nitrogens with two attached hydrogens (primary N) is 1. The Morgan fingerprint density at radius 2 is 2.11 bits per heavy atom. The van der Waals surface area contributed by atoms with Crippen LogP contribution in [-0.2, 0) is 11.3 Å². The number of aryl methyl sites for hydroxylation is 1. The zero-order valence-corrected chi connectivity index (χ0v) is 17.2. The molecule has 0 aromatic heterocycles. The van der Waals surface area contributed by atoms with Crippen molar-refractivity contribution in [3.8, 4) is 5.75 Å². The van der Waals surface area contributed by atoms with Gasteiger partial charge >= 0.3 is 0 Å². The maximum absolute atomic E-state index is 6.03. The fourth-order valence-corrected chi connectivity index (χ4v) is 2.90. The second-order valence-electron chi connectivity index (χ2n) is 7.58. The lowest BCUT2D eigenvalue weighted by Gasteiger charge is -2.26. The molecule has 1 aliphatic rings. The summed E-state index contributed by atoms with van der Waals surface area (Å²) in [5.74, 6) is 2.04. The number of morpholine rings is 1. The van der Waals surface area contributed by atoms with Gasteiger partial charge in [-0.25, -0.2) is 4.99 Å². The van der Waals surface area contributed by atoms with Gasteiger partial charge in [0, 0.05) is 25.2 Å². The lowest BCUT2D eigenvalue weighted by atomic mass is 10.1. The number of nitrogens with zero attached hydrogens (tertiary/aromatic N) is 2. The molecule has 0 atom stereocenters. The number of ether oxygens (including phenoxy) is 2. The average molecular weight is 377 g/mol. The van der Waals surface area contributed by atoms with E-state index in [0.717, 1.165) is 70.2 Å². The van der Waals surface area contributed by atoms with E-state index in [1.807, 2.05) is 0 Å². The van der Waals surface area contributed by atoms with Crippen LogP contribution in [0.3, 0.4) is 0 Å². The molecule has 1 aromatic carbocycles. The lowest BCUT2D eigenvalue weighted by molar-refractivity contribution is 0.0376. The van der Waals surface area contributed by atoms with Crippen LogP contribution in [0.5, 0.6) is 5.75 Å². The summed E-state index contributed by atoms with van der Waals surface area (Å²) in [5, 5.41) is 3.21. The van der Waals surface area contributed by atoms with Gasteiger partial charge in [0.2, 0.25) is 0 Å². The van der Waals surface area contributed by atoms with Crippen LogP contribution in [0.15, 0.2) is 23.2 Å². The van der Waals surface area contributed by atoms with Crippen molar-refractivity contribution < 1.29 is 9.47 Å². The molecule has 0 saturated carbocycles. The number of hydrogen-bond donors (Lipinski definition) is 2. The Balaban J connectivity index is 1.75. The lowest BCUT2D eigenvalue weighted by Crippen LogP contribution is -2.39. The Labute approximate surface area is 164 Å². The van der Waals surface area contributed by atoms with Crippen LogP contribution in [0.2, 0.25) is 0 Å².